The van der Waals surface area contributed by atoms with Crippen molar-refractivity contribution >= 4 is 55.8 Å². The zero-order chi connectivity index (χ0) is 24.3. The average molecular weight is 499 g/mol. The number of rotatable bonds is 7. The molecule has 0 bridgehead atoms. The normalized spacial score (nSPS) is 11.2. The number of para-hydroxylation sites is 1. The van der Waals surface area contributed by atoms with Gasteiger partial charge in [0.2, 0.25) is 5.76 Å². The molecule has 2 N–H and O–H groups in total. The average Bonchev–Trinajstić information content (AvgIpc) is 3.18. The van der Waals surface area contributed by atoms with E-state index in [0.29, 0.717) is 16.0 Å². The van der Waals surface area contributed by atoms with Crippen molar-refractivity contribution in [2.24, 2.45) is 0 Å². The summed E-state index contributed by atoms with van der Waals surface area (Å²) in [5.74, 6) is -1.31. The summed E-state index contributed by atoms with van der Waals surface area (Å²) in [5.41, 5.74) is 1.14. The van der Waals surface area contributed by atoms with Crippen LogP contribution in [0.25, 0.3) is 11.0 Å². The zero-order valence-electron chi connectivity index (χ0n) is 17.9. The van der Waals surface area contributed by atoms with Gasteiger partial charge in [-0.15, -0.1) is 0 Å². The number of sulfonamides is 1. The molecule has 174 valence electrons. The molecule has 34 heavy (non-hydrogen) atoms. The van der Waals surface area contributed by atoms with Gasteiger partial charge in [0.15, 0.2) is 0 Å². The van der Waals surface area contributed by atoms with Gasteiger partial charge in [-0.05, 0) is 67.6 Å². The van der Waals surface area contributed by atoms with Crippen LogP contribution in [0.1, 0.15) is 27.8 Å². The van der Waals surface area contributed by atoms with Gasteiger partial charge in [-0.2, -0.15) is 0 Å². The molecule has 0 saturated heterocycles. The van der Waals surface area contributed by atoms with E-state index in [1.165, 1.54) is 48.5 Å². The summed E-state index contributed by atoms with van der Waals surface area (Å²) in [7, 11) is -3.82. The van der Waals surface area contributed by atoms with Crippen molar-refractivity contribution in [2.45, 2.75) is 11.8 Å². The monoisotopic (exact) mass is 498 g/mol. The van der Waals surface area contributed by atoms with E-state index in [2.05, 4.69) is 10.0 Å². The molecule has 8 nitrogen and oxygen atoms in total. The van der Waals surface area contributed by atoms with E-state index in [0.717, 1.165) is 0 Å². The number of carbonyl (C=O) groups excluding carboxylic acids is 2. The Morgan fingerprint density at radius 3 is 2.32 bits per heavy atom. The number of hydrogen-bond acceptors (Lipinski definition) is 6. The van der Waals surface area contributed by atoms with Crippen LogP contribution in [0.2, 0.25) is 5.02 Å². The Kier molecular flexibility index (Phi) is 6.58. The fraction of sp³-hybridized carbons (Fsp3) is 0.0833. The van der Waals surface area contributed by atoms with Gasteiger partial charge in [0.25, 0.3) is 15.9 Å². The van der Waals surface area contributed by atoms with Gasteiger partial charge in [0.05, 0.1) is 11.5 Å². The van der Waals surface area contributed by atoms with E-state index in [1.54, 1.807) is 31.2 Å². The molecule has 0 unspecified atom stereocenters. The van der Waals surface area contributed by atoms with Crippen LogP contribution in [0.4, 0.5) is 11.4 Å². The molecule has 0 saturated carbocycles. The summed E-state index contributed by atoms with van der Waals surface area (Å²) in [6.07, 6.45) is 0. The minimum absolute atomic E-state index is 0.0528. The SMILES string of the molecule is CCOC(=O)c1oc2ccccc2c1NC(=O)c1ccc(NS(=O)(=O)c2ccc(Cl)cc2)cc1. The number of benzene rings is 3. The van der Waals surface area contributed by atoms with Gasteiger partial charge >= 0.3 is 5.97 Å². The minimum atomic E-state index is -3.82. The third-order valence-electron chi connectivity index (χ3n) is 4.82. The summed E-state index contributed by atoms with van der Waals surface area (Å²) >= 11 is 5.81. The number of carbonyl (C=O) groups is 2. The molecule has 0 spiro atoms. The highest BCUT2D eigenvalue weighted by molar-refractivity contribution is 7.92. The van der Waals surface area contributed by atoms with Gasteiger partial charge in [0.1, 0.15) is 11.3 Å². The Morgan fingerprint density at radius 1 is 0.971 bits per heavy atom. The number of fused-ring (bicyclic) bond motifs is 1. The highest BCUT2D eigenvalue weighted by Gasteiger charge is 2.23. The van der Waals surface area contributed by atoms with Crippen LogP contribution >= 0.6 is 11.6 Å². The van der Waals surface area contributed by atoms with Crippen LogP contribution in [0.15, 0.2) is 82.1 Å². The van der Waals surface area contributed by atoms with Crippen molar-refractivity contribution in [1.29, 1.82) is 0 Å². The second kappa shape index (κ2) is 9.58. The first-order chi connectivity index (χ1) is 16.3. The molecule has 0 aliphatic rings. The maximum atomic E-state index is 12.9. The molecule has 4 rings (SSSR count). The lowest BCUT2D eigenvalue weighted by molar-refractivity contribution is 0.0494. The second-order valence-electron chi connectivity index (χ2n) is 7.11. The quantitative estimate of drug-likeness (QED) is 0.333. The van der Waals surface area contributed by atoms with Crippen molar-refractivity contribution in [3.63, 3.8) is 0 Å². The van der Waals surface area contributed by atoms with E-state index in [9.17, 15) is 18.0 Å². The van der Waals surface area contributed by atoms with Crippen LogP contribution in [0, 0.1) is 0 Å². The number of hydrogen-bond donors (Lipinski definition) is 2. The lowest BCUT2D eigenvalue weighted by Gasteiger charge is -2.10. The summed E-state index contributed by atoms with van der Waals surface area (Å²) in [5, 5.41) is 3.67. The molecule has 1 heterocycles. The van der Waals surface area contributed by atoms with Crippen molar-refractivity contribution in [3.8, 4) is 0 Å². The predicted octanol–water partition coefficient (Wildman–Crippen LogP) is 5.32. The van der Waals surface area contributed by atoms with Crippen molar-refractivity contribution in [3.05, 3.63) is 89.1 Å². The molecular weight excluding hydrogens is 480 g/mol. The lowest BCUT2D eigenvalue weighted by Crippen LogP contribution is -2.15. The molecular formula is C24H19ClN2O6S. The number of esters is 1. The topological polar surface area (TPSA) is 115 Å². The number of furan rings is 1. The van der Waals surface area contributed by atoms with E-state index in [-0.39, 0.29) is 34.2 Å². The first-order valence-corrected chi connectivity index (χ1v) is 12.0. The molecule has 4 aromatic rings. The minimum Gasteiger partial charge on any atom is -0.460 e. The second-order valence-corrected chi connectivity index (χ2v) is 9.23. The number of halogens is 1. The van der Waals surface area contributed by atoms with E-state index < -0.39 is 21.9 Å². The molecule has 1 aromatic heterocycles. The number of ether oxygens (including phenoxy) is 1. The van der Waals surface area contributed by atoms with E-state index in [1.807, 2.05) is 0 Å². The van der Waals surface area contributed by atoms with Gasteiger partial charge in [0, 0.05) is 21.7 Å². The molecule has 0 fully saturated rings. The standard InChI is InChI=1S/C24H19ClN2O6S/c1-2-32-24(29)22-21(19-5-3-4-6-20(19)33-22)26-23(28)15-7-11-17(12-8-15)27-34(30,31)18-13-9-16(25)10-14-18/h3-14,27H,2H2,1H3,(H,26,28). The molecule has 0 atom stereocenters. The number of amides is 1. The maximum Gasteiger partial charge on any atom is 0.376 e. The van der Waals surface area contributed by atoms with Crippen LogP contribution in [0.5, 0.6) is 0 Å². The van der Waals surface area contributed by atoms with Crippen LogP contribution in [-0.2, 0) is 14.8 Å². The van der Waals surface area contributed by atoms with Crippen LogP contribution < -0.4 is 10.0 Å². The van der Waals surface area contributed by atoms with E-state index >= 15 is 0 Å². The highest BCUT2D eigenvalue weighted by atomic mass is 35.5. The molecule has 0 radical (unpaired) electrons. The third kappa shape index (κ3) is 4.90. The summed E-state index contributed by atoms with van der Waals surface area (Å²) < 4.78 is 38.2. The van der Waals surface area contributed by atoms with Crippen LogP contribution in [0.3, 0.4) is 0 Å². The molecule has 0 aliphatic carbocycles. The van der Waals surface area contributed by atoms with Gasteiger partial charge in [-0.1, -0.05) is 23.7 Å². The smallest absolute Gasteiger partial charge is 0.376 e. The third-order valence-corrected chi connectivity index (χ3v) is 6.47. The highest BCUT2D eigenvalue weighted by Crippen LogP contribution is 2.32. The Bertz CT molecular complexity index is 1460. The van der Waals surface area contributed by atoms with Crippen molar-refractivity contribution < 1.29 is 27.2 Å². The first-order valence-electron chi connectivity index (χ1n) is 10.2. The lowest BCUT2D eigenvalue weighted by atomic mass is 10.1. The van der Waals surface area contributed by atoms with Crippen LogP contribution in [-0.4, -0.2) is 26.9 Å². The van der Waals surface area contributed by atoms with Gasteiger partial charge < -0.3 is 14.5 Å². The van der Waals surface area contributed by atoms with Crippen molar-refractivity contribution in [1.82, 2.24) is 0 Å². The Morgan fingerprint density at radius 2 is 1.65 bits per heavy atom. The molecule has 10 heteroatoms. The molecule has 0 aliphatic heterocycles. The Labute approximate surface area is 200 Å². The summed E-state index contributed by atoms with van der Waals surface area (Å²) in [6, 6.07) is 18.5. The number of anilines is 2. The van der Waals surface area contributed by atoms with Crippen molar-refractivity contribution in [2.75, 3.05) is 16.6 Å². The number of nitrogens with one attached hydrogen (secondary N) is 2. The largest absolute Gasteiger partial charge is 0.460 e. The Hall–Kier alpha value is -3.82. The molecule has 1 amide bonds. The summed E-state index contributed by atoms with van der Waals surface area (Å²) in [4.78, 5) is 25.3. The maximum absolute atomic E-state index is 12.9. The fourth-order valence-corrected chi connectivity index (χ4v) is 4.40. The molecule has 3 aromatic carbocycles. The predicted molar refractivity (Wildman–Crippen MR) is 129 cm³/mol. The van der Waals surface area contributed by atoms with E-state index in [4.69, 9.17) is 20.8 Å². The first kappa shape index (κ1) is 23.3. The fourth-order valence-electron chi connectivity index (χ4n) is 3.21. The van der Waals surface area contributed by atoms with Gasteiger partial charge in [-0.3, -0.25) is 9.52 Å². The van der Waals surface area contributed by atoms with Gasteiger partial charge in [-0.25, -0.2) is 13.2 Å². The summed E-state index contributed by atoms with van der Waals surface area (Å²) in [6.45, 7) is 1.82. The zero-order valence-corrected chi connectivity index (χ0v) is 19.4. The Balaban J connectivity index is 1.55.